The minimum Gasteiger partial charge on any atom is -0.316 e. The van der Waals surface area contributed by atoms with E-state index in [0.717, 1.165) is 16.8 Å². The fourth-order valence-electron chi connectivity index (χ4n) is 2.07. The lowest BCUT2D eigenvalue weighted by molar-refractivity contribution is 0.537. The molecule has 0 aliphatic heterocycles. The average Bonchev–Trinajstić information content (AvgIpc) is 2.80. The minimum absolute atomic E-state index is 0.221. The van der Waals surface area contributed by atoms with Gasteiger partial charge in [0.2, 0.25) is 0 Å². The fourth-order valence-corrected chi connectivity index (χ4v) is 2.07. The molecule has 0 saturated carbocycles. The molecule has 0 spiro atoms. The molecule has 0 atom stereocenters. The molecule has 0 amide bonds. The van der Waals surface area contributed by atoms with Crippen molar-refractivity contribution in [3.05, 3.63) is 41.8 Å². The Kier molecular flexibility index (Phi) is 3.77. The van der Waals surface area contributed by atoms with Crippen LogP contribution in [0.5, 0.6) is 0 Å². The lowest BCUT2D eigenvalue weighted by Gasteiger charge is -2.14. The second-order valence-corrected chi connectivity index (χ2v) is 4.59. The Balaban J connectivity index is 2.54. The van der Waals surface area contributed by atoms with Crippen molar-refractivity contribution in [2.75, 3.05) is 7.05 Å². The van der Waals surface area contributed by atoms with Gasteiger partial charge in [-0.2, -0.15) is 5.10 Å². The maximum atomic E-state index is 13.5. The molecule has 0 unspecified atom stereocenters. The molecular weight excluding hydrogens is 229 g/mol. The van der Waals surface area contributed by atoms with Crippen molar-refractivity contribution in [1.82, 2.24) is 15.1 Å². The first-order valence-electron chi connectivity index (χ1n) is 6.10. The Bertz CT molecular complexity index is 532. The zero-order valence-corrected chi connectivity index (χ0v) is 10.9. The Morgan fingerprint density at radius 1 is 1.33 bits per heavy atom. The van der Waals surface area contributed by atoms with Crippen LogP contribution in [0.15, 0.2) is 30.5 Å². The topological polar surface area (TPSA) is 29.9 Å². The molecule has 0 bridgehead atoms. The minimum atomic E-state index is -0.221. The average molecular weight is 247 g/mol. The molecule has 0 radical (unpaired) electrons. The van der Waals surface area contributed by atoms with Crippen LogP contribution in [0.3, 0.4) is 0 Å². The maximum absolute atomic E-state index is 13.5. The standard InChI is InChI=1S/C14H18FN3/c1-10(2)18-14(6-7-17-18)13-8-12(15)5-4-11(13)9-16-3/h4-8,10,16H,9H2,1-3H3. The Morgan fingerprint density at radius 3 is 2.78 bits per heavy atom. The summed E-state index contributed by atoms with van der Waals surface area (Å²) in [6, 6.07) is 7.06. The fraction of sp³-hybridized carbons (Fsp3) is 0.357. The van der Waals surface area contributed by atoms with E-state index in [2.05, 4.69) is 24.3 Å². The molecule has 2 aromatic rings. The van der Waals surface area contributed by atoms with E-state index in [1.54, 1.807) is 12.3 Å². The first-order chi connectivity index (χ1) is 8.63. The Morgan fingerprint density at radius 2 is 2.11 bits per heavy atom. The highest BCUT2D eigenvalue weighted by molar-refractivity contribution is 5.64. The monoisotopic (exact) mass is 247 g/mol. The normalized spacial score (nSPS) is 11.2. The first kappa shape index (κ1) is 12.8. The van der Waals surface area contributed by atoms with Crippen LogP contribution in [0, 0.1) is 5.82 Å². The van der Waals surface area contributed by atoms with Gasteiger partial charge in [0.05, 0.1) is 5.69 Å². The van der Waals surface area contributed by atoms with Crippen LogP contribution in [0.25, 0.3) is 11.3 Å². The van der Waals surface area contributed by atoms with Crippen molar-refractivity contribution < 1.29 is 4.39 Å². The number of halogens is 1. The number of hydrogen-bond donors (Lipinski definition) is 1. The number of rotatable bonds is 4. The van der Waals surface area contributed by atoms with Crippen LogP contribution in [0.1, 0.15) is 25.5 Å². The lowest BCUT2D eigenvalue weighted by Crippen LogP contribution is -2.09. The van der Waals surface area contributed by atoms with Crippen LogP contribution < -0.4 is 5.32 Å². The van der Waals surface area contributed by atoms with Gasteiger partial charge in [-0.3, -0.25) is 4.68 Å². The van der Waals surface area contributed by atoms with Gasteiger partial charge in [-0.1, -0.05) is 6.07 Å². The molecule has 4 heteroatoms. The maximum Gasteiger partial charge on any atom is 0.123 e. The zero-order valence-electron chi connectivity index (χ0n) is 10.9. The molecule has 1 N–H and O–H groups in total. The molecule has 96 valence electrons. The second kappa shape index (κ2) is 5.31. The third-order valence-corrected chi connectivity index (χ3v) is 2.87. The number of hydrogen-bond acceptors (Lipinski definition) is 2. The Labute approximate surface area is 107 Å². The first-order valence-corrected chi connectivity index (χ1v) is 6.10. The van der Waals surface area contributed by atoms with Gasteiger partial charge < -0.3 is 5.32 Å². The third kappa shape index (κ3) is 2.43. The summed E-state index contributed by atoms with van der Waals surface area (Å²) in [5.74, 6) is -0.221. The van der Waals surface area contributed by atoms with E-state index in [1.807, 2.05) is 23.9 Å². The summed E-state index contributed by atoms with van der Waals surface area (Å²) in [7, 11) is 1.88. The lowest BCUT2D eigenvalue weighted by atomic mass is 10.0. The Hall–Kier alpha value is -1.68. The number of nitrogens with one attached hydrogen (secondary N) is 1. The summed E-state index contributed by atoms with van der Waals surface area (Å²) in [5.41, 5.74) is 2.92. The van der Waals surface area contributed by atoms with E-state index >= 15 is 0 Å². The second-order valence-electron chi connectivity index (χ2n) is 4.59. The third-order valence-electron chi connectivity index (χ3n) is 2.87. The summed E-state index contributed by atoms with van der Waals surface area (Å²) >= 11 is 0. The molecule has 0 aliphatic rings. The molecule has 0 saturated heterocycles. The molecule has 0 aliphatic carbocycles. The van der Waals surface area contributed by atoms with Gasteiger partial charge in [-0.05, 0) is 44.7 Å². The molecular formula is C14H18FN3. The van der Waals surface area contributed by atoms with Crippen LogP contribution in [-0.2, 0) is 6.54 Å². The highest BCUT2D eigenvalue weighted by atomic mass is 19.1. The van der Waals surface area contributed by atoms with Crippen molar-refractivity contribution in [3.8, 4) is 11.3 Å². The summed E-state index contributed by atoms with van der Waals surface area (Å²) in [6.45, 7) is 4.83. The van der Waals surface area contributed by atoms with E-state index in [-0.39, 0.29) is 11.9 Å². The van der Waals surface area contributed by atoms with Crippen molar-refractivity contribution in [2.45, 2.75) is 26.4 Å². The number of aromatic nitrogens is 2. The molecule has 1 aromatic heterocycles. The molecule has 2 rings (SSSR count). The summed E-state index contributed by atoms with van der Waals surface area (Å²) in [5, 5.41) is 7.40. The smallest absolute Gasteiger partial charge is 0.123 e. The molecule has 1 heterocycles. The summed E-state index contributed by atoms with van der Waals surface area (Å²) in [4.78, 5) is 0. The molecule has 18 heavy (non-hydrogen) atoms. The van der Waals surface area contributed by atoms with E-state index in [0.29, 0.717) is 6.54 Å². The van der Waals surface area contributed by atoms with Crippen LogP contribution >= 0.6 is 0 Å². The van der Waals surface area contributed by atoms with E-state index in [1.165, 1.54) is 6.07 Å². The highest BCUT2D eigenvalue weighted by Crippen LogP contribution is 2.26. The van der Waals surface area contributed by atoms with E-state index in [4.69, 9.17) is 0 Å². The van der Waals surface area contributed by atoms with E-state index < -0.39 is 0 Å². The van der Waals surface area contributed by atoms with Gasteiger partial charge in [-0.25, -0.2) is 4.39 Å². The van der Waals surface area contributed by atoms with Crippen LogP contribution in [-0.4, -0.2) is 16.8 Å². The zero-order chi connectivity index (χ0) is 13.1. The quantitative estimate of drug-likeness (QED) is 0.900. The van der Waals surface area contributed by atoms with Crippen molar-refractivity contribution >= 4 is 0 Å². The predicted molar refractivity (Wildman–Crippen MR) is 70.8 cm³/mol. The van der Waals surface area contributed by atoms with Gasteiger partial charge in [0.25, 0.3) is 0 Å². The van der Waals surface area contributed by atoms with E-state index in [9.17, 15) is 4.39 Å². The van der Waals surface area contributed by atoms with Gasteiger partial charge in [0.1, 0.15) is 5.82 Å². The molecule has 0 fully saturated rings. The summed E-state index contributed by atoms with van der Waals surface area (Å²) < 4.78 is 15.4. The van der Waals surface area contributed by atoms with Crippen molar-refractivity contribution in [1.29, 1.82) is 0 Å². The molecule has 1 aromatic carbocycles. The number of nitrogens with zero attached hydrogens (tertiary/aromatic N) is 2. The van der Waals surface area contributed by atoms with Crippen molar-refractivity contribution in [3.63, 3.8) is 0 Å². The van der Waals surface area contributed by atoms with Gasteiger partial charge in [0, 0.05) is 24.3 Å². The summed E-state index contributed by atoms with van der Waals surface area (Å²) in [6.07, 6.45) is 1.75. The van der Waals surface area contributed by atoms with Gasteiger partial charge >= 0.3 is 0 Å². The molecule has 3 nitrogen and oxygen atoms in total. The number of benzene rings is 1. The largest absolute Gasteiger partial charge is 0.316 e. The van der Waals surface area contributed by atoms with Crippen LogP contribution in [0.2, 0.25) is 0 Å². The van der Waals surface area contributed by atoms with Crippen molar-refractivity contribution in [2.24, 2.45) is 0 Å². The highest BCUT2D eigenvalue weighted by Gasteiger charge is 2.12. The van der Waals surface area contributed by atoms with Gasteiger partial charge in [-0.15, -0.1) is 0 Å². The van der Waals surface area contributed by atoms with Crippen LogP contribution in [0.4, 0.5) is 4.39 Å². The van der Waals surface area contributed by atoms with Gasteiger partial charge in [0.15, 0.2) is 0 Å². The predicted octanol–water partition coefficient (Wildman–Crippen LogP) is 2.99. The SMILES string of the molecule is CNCc1ccc(F)cc1-c1ccnn1C(C)C.